The zero-order chi connectivity index (χ0) is 20.5. The smallest absolute Gasteiger partial charge is 0.229 e. The maximum absolute atomic E-state index is 13.0. The third-order valence-electron chi connectivity index (χ3n) is 5.94. The van der Waals surface area contributed by atoms with Crippen LogP contribution in [-0.2, 0) is 9.59 Å². The van der Waals surface area contributed by atoms with Crippen molar-refractivity contribution in [2.24, 2.45) is 5.92 Å². The molecule has 0 bridgehead atoms. The SMILES string of the molecule is O=C(Nc1ccccc1N1CCCC1)[C@@H]1CC(=O)N(c2ccc3c(c2)OCCO3)C1. The summed E-state index contributed by atoms with van der Waals surface area (Å²) in [6, 6.07) is 13.4. The molecule has 2 amide bonds. The fourth-order valence-corrected chi connectivity index (χ4v) is 4.38. The normalized spacial score (nSPS) is 20.5. The minimum absolute atomic E-state index is 0.0559. The summed E-state index contributed by atoms with van der Waals surface area (Å²) in [5, 5.41) is 3.07. The van der Waals surface area contributed by atoms with Gasteiger partial charge < -0.3 is 24.6 Å². The molecule has 0 aliphatic carbocycles. The fourth-order valence-electron chi connectivity index (χ4n) is 4.38. The number of amides is 2. The van der Waals surface area contributed by atoms with Crippen LogP contribution in [0.3, 0.4) is 0 Å². The van der Waals surface area contributed by atoms with Gasteiger partial charge >= 0.3 is 0 Å². The summed E-state index contributed by atoms with van der Waals surface area (Å²) in [5.41, 5.74) is 2.60. The van der Waals surface area contributed by atoms with Crippen LogP contribution in [-0.4, -0.2) is 44.7 Å². The molecule has 156 valence electrons. The lowest BCUT2D eigenvalue weighted by Crippen LogP contribution is -2.29. The maximum atomic E-state index is 13.0. The highest BCUT2D eigenvalue weighted by molar-refractivity contribution is 6.04. The van der Waals surface area contributed by atoms with Gasteiger partial charge in [-0.25, -0.2) is 0 Å². The first-order chi connectivity index (χ1) is 14.7. The van der Waals surface area contributed by atoms with E-state index < -0.39 is 5.92 Å². The predicted molar refractivity (Wildman–Crippen MR) is 114 cm³/mol. The van der Waals surface area contributed by atoms with E-state index in [2.05, 4.69) is 10.2 Å². The van der Waals surface area contributed by atoms with Gasteiger partial charge in [0, 0.05) is 37.8 Å². The monoisotopic (exact) mass is 407 g/mol. The molecule has 3 heterocycles. The molecule has 0 unspecified atom stereocenters. The predicted octanol–water partition coefficient (Wildman–Crippen LogP) is 3.05. The van der Waals surface area contributed by atoms with Gasteiger partial charge in [0.05, 0.1) is 17.3 Å². The van der Waals surface area contributed by atoms with Crippen LogP contribution in [0.25, 0.3) is 0 Å². The summed E-state index contributed by atoms with van der Waals surface area (Å²) in [6.07, 6.45) is 2.54. The molecule has 0 aromatic heterocycles. The Balaban J connectivity index is 1.30. The molecule has 30 heavy (non-hydrogen) atoms. The van der Waals surface area contributed by atoms with Crippen LogP contribution < -0.4 is 24.6 Å². The molecular formula is C23H25N3O4. The number of para-hydroxylation sites is 2. The van der Waals surface area contributed by atoms with E-state index in [0.717, 1.165) is 30.2 Å². The number of nitrogens with zero attached hydrogens (tertiary/aromatic N) is 2. The van der Waals surface area contributed by atoms with E-state index in [0.29, 0.717) is 31.3 Å². The third kappa shape index (κ3) is 3.56. The van der Waals surface area contributed by atoms with E-state index in [1.165, 1.54) is 12.8 Å². The molecule has 2 aromatic rings. The molecule has 1 N–H and O–H groups in total. The Morgan fingerprint density at radius 2 is 1.77 bits per heavy atom. The zero-order valence-corrected chi connectivity index (χ0v) is 16.8. The Bertz CT molecular complexity index is 971. The minimum atomic E-state index is -0.391. The number of benzene rings is 2. The molecule has 7 heteroatoms. The lowest BCUT2D eigenvalue weighted by molar-refractivity contribution is -0.122. The highest BCUT2D eigenvalue weighted by Crippen LogP contribution is 2.36. The quantitative estimate of drug-likeness (QED) is 0.844. The lowest BCUT2D eigenvalue weighted by atomic mass is 10.1. The number of carbonyl (C=O) groups is 2. The number of hydrogen-bond donors (Lipinski definition) is 1. The van der Waals surface area contributed by atoms with Gasteiger partial charge in [0.15, 0.2) is 11.5 Å². The van der Waals surface area contributed by atoms with E-state index in [1.54, 1.807) is 4.90 Å². The average Bonchev–Trinajstić information content (AvgIpc) is 3.44. The number of carbonyl (C=O) groups excluding carboxylic acids is 2. The van der Waals surface area contributed by atoms with E-state index in [4.69, 9.17) is 9.47 Å². The van der Waals surface area contributed by atoms with Crippen molar-refractivity contribution in [2.45, 2.75) is 19.3 Å². The molecule has 0 radical (unpaired) electrons. The van der Waals surface area contributed by atoms with Crippen LogP contribution in [0.2, 0.25) is 0 Å². The van der Waals surface area contributed by atoms with Gasteiger partial charge in [0.25, 0.3) is 0 Å². The molecule has 1 atom stereocenters. The van der Waals surface area contributed by atoms with E-state index in [1.807, 2.05) is 42.5 Å². The Hall–Kier alpha value is -3.22. The van der Waals surface area contributed by atoms with Crippen LogP contribution in [0.4, 0.5) is 17.1 Å². The van der Waals surface area contributed by atoms with E-state index in [-0.39, 0.29) is 18.2 Å². The van der Waals surface area contributed by atoms with E-state index in [9.17, 15) is 9.59 Å². The van der Waals surface area contributed by atoms with Crippen molar-refractivity contribution in [2.75, 3.05) is 48.0 Å². The van der Waals surface area contributed by atoms with Crippen LogP contribution >= 0.6 is 0 Å². The summed E-state index contributed by atoms with van der Waals surface area (Å²) in [4.78, 5) is 29.6. The topological polar surface area (TPSA) is 71.1 Å². The molecule has 7 nitrogen and oxygen atoms in total. The zero-order valence-electron chi connectivity index (χ0n) is 16.8. The maximum Gasteiger partial charge on any atom is 0.229 e. The summed E-state index contributed by atoms with van der Waals surface area (Å²) in [7, 11) is 0. The molecule has 0 spiro atoms. The molecule has 2 fully saturated rings. The van der Waals surface area contributed by atoms with Crippen molar-refractivity contribution in [3.8, 4) is 11.5 Å². The van der Waals surface area contributed by atoms with Crippen LogP contribution in [0, 0.1) is 5.92 Å². The number of ether oxygens (including phenoxy) is 2. The summed E-state index contributed by atoms with van der Waals surface area (Å²) < 4.78 is 11.2. The van der Waals surface area contributed by atoms with Crippen molar-refractivity contribution >= 4 is 28.9 Å². The first kappa shape index (κ1) is 18.8. The number of hydrogen-bond acceptors (Lipinski definition) is 5. The van der Waals surface area contributed by atoms with Gasteiger partial charge in [-0.2, -0.15) is 0 Å². The van der Waals surface area contributed by atoms with Crippen LogP contribution in [0.5, 0.6) is 11.5 Å². The van der Waals surface area contributed by atoms with Gasteiger partial charge in [-0.3, -0.25) is 9.59 Å². The Labute approximate surface area is 175 Å². The number of fused-ring (bicyclic) bond motifs is 1. The standard InChI is InChI=1S/C23H25N3O4/c27-22-13-16(15-26(22)17-7-8-20-21(14-17)30-12-11-29-20)23(28)24-18-5-1-2-6-19(18)25-9-3-4-10-25/h1-2,5-8,14,16H,3-4,9-13,15H2,(H,24,28)/t16-/m1/s1. The lowest BCUT2D eigenvalue weighted by Gasteiger charge is -2.23. The molecular weight excluding hydrogens is 382 g/mol. The first-order valence-electron chi connectivity index (χ1n) is 10.5. The number of nitrogens with one attached hydrogen (secondary N) is 1. The second-order valence-electron chi connectivity index (χ2n) is 7.93. The summed E-state index contributed by atoms with van der Waals surface area (Å²) in [5.74, 6) is 0.760. The summed E-state index contributed by atoms with van der Waals surface area (Å²) in [6.45, 7) is 3.39. The molecule has 3 aliphatic rings. The van der Waals surface area contributed by atoms with Crippen LogP contribution in [0.1, 0.15) is 19.3 Å². The highest BCUT2D eigenvalue weighted by Gasteiger charge is 2.36. The second-order valence-corrected chi connectivity index (χ2v) is 7.93. The molecule has 2 aromatic carbocycles. The van der Waals surface area contributed by atoms with Gasteiger partial charge in [0.2, 0.25) is 11.8 Å². The molecule has 0 saturated carbocycles. The third-order valence-corrected chi connectivity index (χ3v) is 5.94. The first-order valence-corrected chi connectivity index (χ1v) is 10.5. The largest absolute Gasteiger partial charge is 0.486 e. The van der Waals surface area contributed by atoms with Crippen molar-refractivity contribution < 1.29 is 19.1 Å². The van der Waals surface area contributed by atoms with Gasteiger partial charge in [0.1, 0.15) is 13.2 Å². The molecule has 5 rings (SSSR count). The fraction of sp³-hybridized carbons (Fsp3) is 0.391. The second kappa shape index (κ2) is 7.89. The molecule has 3 aliphatic heterocycles. The van der Waals surface area contributed by atoms with Crippen LogP contribution in [0.15, 0.2) is 42.5 Å². The molecule has 2 saturated heterocycles. The van der Waals surface area contributed by atoms with Crippen molar-refractivity contribution in [1.29, 1.82) is 0 Å². The number of rotatable bonds is 4. The number of anilines is 3. The Kier molecular flexibility index (Phi) is 4.94. The van der Waals surface area contributed by atoms with E-state index >= 15 is 0 Å². The Morgan fingerprint density at radius 3 is 2.60 bits per heavy atom. The van der Waals surface area contributed by atoms with Crippen molar-refractivity contribution in [3.63, 3.8) is 0 Å². The van der Waals surface area contributed by atoms with Gasteiger partial charge in [-0.15, -0.1) is 0 Å². The van der Waals surface area contributed by atoms with Crippen molar-refractivity contribution in [1.82, 2.24) is 0 Å². The Morgan fingerprint density at radius 1 is 1.00 bits per heavy atom. The van der Waals surface area contributed by atoms with Crippen molar-refractivity contribution in [3.05, 3.63) is 42.5 Å². The highest BCUT2D eigenvalue weighted by atomic mass is 16.6. The average molecular weight is 407 g/mol. The minimum Gasteiger partial charge on any atom is -0.486 e. The summed E-state index contributed by atoms with van der Waals surface area (Å²) >= 11 is 0. The van der Waals surface area contributed by atoms with Gasteiger partial charge in [-0.05, 0) is 37.1 Å². The van der Waals surface area contributed by atoms with Gasteiger partial charge in [-0.1, -0.05) is 12.1 Å².